The van der Waals surface area contributed by atoms with Crippen molar-refractivity contribution in [3.63, 3.8) is 0 Å². The number of carbonyl (C=O) groups excluding carboxylic acids is 1. The molecule has 1 aliphatic rings. The van der Waals surface area contributed by atoms with Gasteiger partial charge in [0.1, 0.15) is 0 Å². The Balaban J connectivity index is 1.89. The van der Waals surface area contributed by atoms with E-state index in [0.29, 0.717) is 6.54 Å². The molecule has 2 rings (SSSR count). The van der Waals surface area contributed by atoms with E-state index in [1.165, 1.54) is 12.1 Å². The Kier molecular flexibility index (Phi) is 5.94. The summed E-state index contributed by atoms with van der Waals surface area (Å²) in [7, 11) is 0. The molecule has 122 valence electrons. The number of hydrogen-bond acceptors (Lipinski definition) is 5. The molecule has 7 heteroatoms. The normalized spacial score (nSPS) is 15.5. The average Bonchev–Trinajstić information content (AvgIpc) is 2.78. The first kappa shape index (κ1) is 16.8. The third-order valence-corrected chi connectivity index (χ3v) is 3.77. The molecule has 1 amide bonds. The van der Waals surface area contributed by atoms with Crippen LogP contribution in [0.15, 0.2) is 24.3 Å². The van der Waals surface area contributed by atoms with Gasteiger partial charge in [0.15, 0.2) is 0 Å². The summed E-state index contributed by atoms with van der Waals surface area (Å²) in [5.74, 6) is 2.32. The van der Waals surface area contributed by atoms with Crippen molar-refractivity contribution in [1.29, 1.82) is 0 Å². The van der Waals surface area contributed by atoms with Gasteiger partial charge >= 0.3 is 0 Å². The van der Waals surface area contributed by atoms with Crippen molar-refractivity contribution in [2.45, 2.75) is 6.42 Å². The van der Waals surface area contributed by atoms with E-state index in [2.05, 4.69) is 21.0 Å². The van der Waals surface area contributed by atoms with Crippen molar-refractivity contribution in [2.24, 2.45) is 0 Å². The summed E-state index contributed by atoms with van der Waals surface area (Å²) in [6.45, 7) is 3.84. The molecule has 0 unspecified atom stereocenters. The zero-order valence-electron chi connectivity index (χ0n) is 12.9. The maximum Gasteiger partial charge on any atom is 0.269 e. The minimum Gasteiger partial charge on any atom is -0.370 e. The fraction of sp³-hybridized carbons (Fsp3) is 0.438. The molecule has 23 heavy (non-hydrogen) atoms. The van der Waals surface area contributed by atoms with Gasteiger partial charge in [-0.25, -0.2) is 0 Å². The lowest BCUT2D eigenvalue weighted by Crippen LogP contribution is -2.39. The van der Waals surface area contributed by atoms with Crippen molar-refractivity contribution in [1.82, 2.24) is 10.2 Å². The number of anilines is 1. The van der Waals surface area contributed by atoms with E-state index >= 15 is 0 Å². The third-order valence-electron chi connectivity index (χ3n) is 3.77. The largest absolute Gasteiger partial charge is 0.370 e. The number of nitrogens with one attached hydrogen (secondary N) is 1. The molecule has 0 atom stereocenters. The summed E-state index contributed by atoms with van der Waals surface area (Å²) < 4.78 is 0. The van der Waals surface area contributed by atoms with E-state index in [1.807, 2.05) is 0 Å². The summed E-state index contributed by atoms with van der Waals surface area (Å²) in [4.78, 5) is 26.3. The first-order chi connectivity index (χ1) is 11.1. The Bertz CT molecular complexity index is 594. The molecule has 0 spiro atoms. The van der Waals surface area contributed by atoms with Gasteiger partial charge in [-0.1, -0.05) is 5.92 Å². The zero-order valence-corrected chi connectivity index (χ0v) is 12.9. The molecule has 0 bridgehead atoms. The van der Waals surface area contributed by atoms with Gasteiger partial charge in [0.25, 0.3) is 5.69 Å². The van der Waals surface area contributed by atoms with Gasteiger partial charge in [0, 0.05) is 44.0 Å². The quantitative estimate of drug-likeness (QED) is 0.495. The molecule has 1 N–H and O–H groups in total. The predicted octanol–water partition coefficient (Wildman–Crippen LogP) is 0.856. The lowest BCUT2D eigenvalue weighted by Gasteiger charge is -2.23. The topological polar surface area (TPSA) is 78.7 Å². The second kappa shape index (κ2) is 8.15. The van der Waals surface area contributed by atoms with Gasteiger partial charge in [-0.05, 0) is 18.6 Å². The van der Waals surface area contributed by atoms with E-state index in [9.17, 15) is 14.9 Å². The van der Waals surface area contributed by atoms with Crippen LogP contribution in [0.2, 0.25) is 0 Å². The van der Waals surface area contributed by atoms with Crippen LogP contribution in [0.25, 0.3) is 0 Å². The maximum absolute atomic E-state index is 11.7. The van der Waals surface area contributed by atoms with Crippen molar-refractivity contribution in [2.75, 3.05) is 44.2 Å². The molecule has 1 fully saturated rings. The first-order valence-corrected chi connectivity index (χ1v) is 7.52. The Morgan fingerprint density at radius 2 is 2.00 bits per heavy atom. The standard InChI is InChI=1S/C16H20N4O3/c1-2-8-17-16(21)13-18-9-3-10-19(12-11-18)14-4-6-15(7-5-14)20(22)23/h1,4-7H,3,8-13H2,(H,17,21). The van der Waals surface area contributed by atoms with Crippen LogP contribution < -0.4 is 10.2 Å². The highest BCUT2D eigenvalue weighted by Gasteiger charge is 2.17. The third kappa shape index (κ3) is 4.97. The predicted molar refractivity (Wildman–Crippen MR) is 88.2 cm³/mol. The number of nitro groups is 1. The molecule has 1 saturated heterocycles. The summed E-state index contributed by atoms with van der Waals surface area (Å²) in [6, 6.07) is 6.58. The average molecular weight is 316 g/mol. The number of nitrogens with zero attached hydrogens (tertiary/aromatic N) is 3. The highest BCUT2D eigenvalue weighted by atomic mass is 16.6. The maximum atomic E-state index is 11.7. The van der Waals surface area contributed by atoms with Gasteiger partial charge in [-0.2, -0.15) is 0 Å². The van der Waals surface area contributed by atoms with Crippen LogP contribution in [0, 0.1) is 22.5 Å². The summed E-state index contributed by atoms with van der Waals surface area (Å²) in [5.41, 5.74) is 1.06. The number of benzene rings is 1. The highest BCUT2D eigenvalue weighted by Crippen LogP contribution is 2.20. The molecule has 1 aliphatic heterocycles. The van der Waals surface area contributed by atoms with Gasteiger partial charge in [0.2, 0.25) is 5.91 Å². The van der Waals surface area contributed by atoms with Crippen LogP contribution in [0.4, 0.5) is 11.4 Å². The molecular formula is C16H20N4O3. The number of terminal acetylenes is 1. The Morgan fingerprint density at radius 1 is 1.26 bits per heavy atom. The number of amides is 1. The monoisotopic (exact) mass is 316 g/mol. The van der Waals surface area contributed by atoms with Crippen LogP contribution in [-0.2, 0) is 4.79 Å². The number of non-ortho nitro benzene ring substituents is 1. The summed E-state index contributed by atoms with van der Waals surface area (Å²) in [6.07, 6.45) is 6.05. The number of rotatable bonds is 5. The first-order valence-electron chi connectivity index (χ1n) is 7.52. The molecule has 0 aliphatic carbocycles. The second-order valence-electron chi connectivity index (χ2n) is 5.37. The molecule has 7 nitrogen and oxygen atoms in total. The van der Waals surface area contributed by atoms with Gasteiger partial charge in [-0.15, -0.1) is 6.42 Å². The van der Waals surface area contributed by atoms with Gasteiger partial charge in [-0.3, -0.25) is 19.8 Å². The molecule has 1 aromatic rings. The Morgan fingerprint density at radius 3 is 2.65 bits per heavy atom. The number of carbonyl (C=O) groups is 1. The van der Waals surface area contributed by atoms with Crippen molar-refractivity contribution in [3.8, 4) is 12.3 Å². The van der Waals surface area contributed by atoms with Crippen molar-refractivity contribution >= 4 is 17.3 Å². The van der Waals surface area contributed by atoms with E-state index < -0.39 is 4.92 Å². The van der Waals surface area contributed by atoms with Crippen LogP contribution in [-0.4, -0.2) is 55.0 Å². The van der Waals surface area contributed by atoms with E-state index in [4.69, 9.17) is 6.42 Å². The zero-order chi connectivity index (χ0) is 16.7. The van der Waals surface area contributed by atoms with E-state index in [0.717, 1.165) is 38.3 Å². The smallest absolute Gasteiger partial charge is 0.269 e. The number of hydrogen-bond donors (Lipinski definition) is 1. The minimum absolute atomic E-state index is 0.0632. The lowest BCUT2D eigenvalue weighted by molar-refractivity contribution is -0.384. The fourth-order valence-electron chi connectivity index (χ4n) is 2.58. The molecule has 0 saturated carbocycles. The molecule has 0 radical (unpaired) electrons. The van der Waals surface area contributed by atoms with Crippen molar-refractivity contribution < 1.29 is 9.72 Å². The van der Waals surface area contributed by atoms with Gasteiger partial charge in [0.05, 0.1) is 18.0 Å². The molecule has 1 heterocycles. The van der Waals surface area contributed by atoms with Crippen LogP contribution in [0.3, 0.4) is 0 Å². The molecule has 1 aromatic carbocycles. The molecular weight excluding hydrogens is 296 g/mol. The van der Waals surface area contributed by atoms with Crippen molar-refractivity contribution in [3.05, 3.63) is 34.4 Å². The number of nitro benzene ring substituents is 1. The minimum atomic E-state index is -0.400. The highest BCUT2D eigenvalue weighted by molar-refractivity contribution is 5.78. The Hall–Kier alpha value is -2.59. The fourth-order valence-corrected chi connectivity index (χ4v) is 2.58. The van der Waals surface area contributed by atoms with Gasteiger partial charge < -0.3 is 10.2 Å². The van der Waals surface area contributed by atoms with E-state index in [-0.39, 0.29) is 18.1 Å². The summed E-state index contributed by atoms with van der Waals surface area (Å²) >= 11 is 0. The van der Waals surface area contributed by atoms with Crippen LogP contribution in [0.5, 0.6) is 0 Å². The molecule has 0 aromatic heterocycles. The second-order valence-corrected chi connectivity index (χ2v) is 5.37. The van der Waals surface area contributed by atoms with Crippen LogP contribution >= 0.6 is 0 Å². The van der Waals surface area contributed by atoms with Crippen LogP contribution in [0.1, 0.15) is 6.42 Å². The SMILES string of the molecule is C#CCNC(=O)CN1CCCN(c2ccc([N+](=O)[O-])cc2)CC1. The summed E-state index contributed by atoms with van der Waals surface area (Å²) in [5, 5.41) is 13.4. The lowest BCUT2D eigenvalue weighted by atomic mass is 10.2. The Labute approximate surface area is 135 Å². The van der Waals surface area contributed by atoms with E-state index in [1.54, 1.807) is 12.1 Å².